The van der Waals surface area contributed by atoms with Crippen molar-refractivity contribution in [3.8, 4) is 6.07 Å². The maximum Gasteiger partial charge on any atom is 0.0991 e. The van der Waals surface area contributed by atoms with Crippen LogP contribution in [-0.4, -0.2) is 6.04 Å². The number of rotatable bonds is 4. The third-order valence-corrected chi connectivity index (χ3v) is 4.45. The largest absolute Gasteiger partial charge is 0.307 e. The summed E-state index contributed by atoms with van der Waals surface area (Å²) in [6.07, 6.45) is 6.68. The van der Waals surface area contributed by atoms with Crippen molar-refractivity contribution in [2.75, 3.05) is 0 Å². The van der Waals surface area contributed by atoms with E-state index in [1.807, 2.05) is 12.1 Å². The van der Waals surface area contributed by atoms with Gasteiger partial charge in [0.25, 0.3) is 0 Å². The molecule has 0 heterocycles. The molecule has 0 aliphatic heterocycles. The summed E-state index contributed by atoms with van der Waals surface area (Å²) in [4.78, 5) is 0. The van der Waals surface area contributed by atoms with Gasteiger partial charge in [-0.15, -0.1) is 0 Å². The molecule has 0 aromatic heterocycles. The Labute approximate surface area is 116 Å². The molecule has 1 N–H and O–H groups in total. The molecular weight excluding hydrogens is 232 g/mol. The van der Waals surface area contributed by atoms with Crippen molar-refractivity contribution < 1.29 is 0 Å². The Kier molecular flexibility index (Phi) is 4.99. The number of hydrogen-bond acceptors (Lipinski definition) is 2. The Hall–Kier alpha value is -1.33. The van der Waals surface area contributed by atoms with Crippen molar-refractivity contribution in [1.29, 1.82) is 5.26 Å². The van der Waals surface area contributed by atoms with Crippen LogP contribution in [0.1, 0.15) is 63.1 Å². The maximum atomic E-state index is 8.81. The van der Waals surface area contributed by atoms with Gasteiger partial charge < -0.3 is 5.32 Å². The van der Waals surface area contributed by atoms with Crippen molar-refractivity contribution in [3.05, 3.63) is 35.4 Å². The van der Waals surface area contributed by atoms with Gasteiger partial charge in [-0.05, 0) is 56.2 Å². The van der Waals surface area contributed by atoms with E-state index >= 15 is 0 Å². The van der Waals surface area contributed by atoms with Crippen LogP contribution < -0.4 is 5.32 Å². The second-order valence-corrected chi connectivity index (χ2v) is 5.75. The lowest BCUT2D eigenvalue weighted by molar-refractivity contribution is 0.273. The first-order valence-corrected chi connectivity index (χ1v) is 7.49. The zero-order valence-electron chi connectivity index (χ0n) is 12.0. The fourth-order valence-corrected chi connectivity index (χ4v) is 3.03. The normalized spacial score (nSPS) is 24.7. The highest BCUT2D eigenvalue weighted by molar-refractivity contribution is 5.32. The summed E-state index contributed by atoms with van der Waals surface area (Å²) < 4.78 is 0. The van der Waals surface area contributed by atoms with Gasteiger partial charge >= 0.3 is 0 Å². The fraction of sp³-hybridized carbons (Fsp3) is 0.588. The summed E-state index contributed by atoms with van der Waals surface area (Å²) in [7, 11) is 0. The van der Waals surface area contributed by atoms with E-state index in [1.165, 1.54) is 37.7 Å². The quantitative estimate of drug-likeness (QED) is 0.877. The van der Waals surface area contributed by atoms with Crippen molar-refractivity contribution in [2.45, 2.75) is 58.0 Å². The second kappa shape index (κ2) is 6.73. The number of nitriles is 1. The Morgan fingerprint density at radius 3 is 2.37 bits per heavy atom. The highest BCUT2D eigenvalue weighted by atomic mass is 14.9. The van der Waals surface area contributed by atoms with Crippen LogP contribution in [0.3, 0.4) is 0 Å². The van der Waals surface area contributed by atoms with Gasteiger partial charge in [0.2, 0.25) is 0 Å². The number of hydrogen-bond donors (Lipinski definition) is 1. The van der Waals surface area contributed by atoms with Crippen molar-refractivity contribution in [1.82, 2.24) is 5.32 Å². The minimum absolute atomic E-state index is 0.371. The molecule has 19 heavy (non-hydrogen) atoms. The molecule has 1 unspecified atom stereocenters. The van der Waals surface area contributed by atoms with Crippen LogP contribution in [0.5, 0.6) is 0 Å². The van der Waals surface area contributed by atoms with E-state index < -0.39 is 0 Å². The predicted octanol–water partition coefficient (Wildman–Crippen LogP) is 4.18. The van der Waals surface area contributed by atoms with E-state index in [0.717, 1.165) is 11.5 Å². The van der Waals surface area contributed by atoms with Crippen LogP contribution in [0.25, 0.3) is 0 Å². The topological polar surface area (TPSA) is 35.8 Å². The summed E-state index contributed by atoms with van der Waals surface area (Å²) >= 11 is 0. The van der Waals surface area contributed by atoms with Gasteiger partial charge in [0.1, 0.15) is 0 Å². The van der Waals surface area contributed by atoms with E-state index in [-0.39, 0.29) is 0 Å². The molecule has 1 aliphatic carbocycles. The summed E-state index contributed by atoms with van der Waals surface area (Å²) in [6.45, 7) is 4.52. The van der Waals surface area contributed by atoms with Crippen molar-refractivity contribution in [2.24, 2.45) is 5.92 Å². The van der Waals surface area contributed by atoms with Crippen LogP contribution in [-0.2, 0) is 0 Å². The Balaban J connectivity index is 1.87. The third-order valence-electron chi connectivity index (χ3n) is 4.45. The molecule has 102 valence electrons. The van der Waals surface area contributed by atoms with Gasteiger partial charge in [0.15, 0.2) is 0 Å². The summed E-state index contributed by atoms with van der Waals surface area (Å²) in [6, 6.07) is 11.1. The molecule has 0 bridgehead atoms. The van der Waals surface area contributed by atoms with E-state index in [2.05, 4.69) is 37.4 Å². The molecule has 1 aromatic rings. The first-order valence-electron chi connectivity index (χ1n) is 7.49. The lowest BCUT2D eigenvalue weighted by Crippen LogP contribution is -2.34. The minimum atomic E-state index is 0.371. The number of nitrogens with one attached hydrogen (secondary N) is 1. The van der Waals surface area contributed by atoms with Gasteiger partial charge in [-0.25, -0.2) is 0 Å². The van der Waals surface area contributed by atoms with Crippen LogP contribution in [0.4, 0.5) is 0 Å². The molecule has 1 fully saturated rings. The van der Waals surface area contributed by atoms with Gasteiger partial charge in [-0.3, -0.25) is 0 Å². The van der Waals surface area contributed by atoms with E-state index in [9.17, 15) is 0 Å². The molecule has 1 aliphatic rings. The van der Waals surface area contributed by atoms with E-state index in [1.54, 1.807) is 0 Å². The molecule has 2 heteroatoms. The van der Waals surface area contributed by atoms with Gasteiger partial charge in [0, 0.05) is 12.1 Å². The number of nitrogens with zero attached hydrogens (tertiary/aromatic N) is 1. The lowest BCUT2D eigenvalue weighted by Gasteiger charge is -2.31. The summed E-state index contributed by atoms with van der Waals surface area (Å²) in [5.41, 5.74) is 2.01. The average molecular weight is 256 g/mol. The highest BCUT2D eigenvalue weighted by Gasteiger charge is 2.21. The van der Waals surface area contributed by atoms with Crippen molar-refractivity contribution >= 4 is 0 Å². The fourth-order valence-electron chi connectivity index (χ4n) is 3.03. The standard InChI is InChI=1S/C17H24N2/c1-3-14-6-10-17(11-7-14)19-13(2)16-8-4-15(12-18)5-9-16/h4-5,8-9,13-14,17,19H,3,6-7,10-11H2,1-2H3. The maximum absolute atomic E-state index is 8.81. The van der Waals surface area contributed by atoms with Crippen LogP contribution in [0.15, 0.2) is 24.3 Å². The molecule has 1 atom stereocenters. The lowest BCUT2D eigenvalue weighted by atomic mass is 9.84. The predicted molar refractivity (Wildman–Crippen MR) is 78.7 cm³/mol. The zero-order chi connectivity index (χ0) is 13.7. The van der Waals surface area contributed by atoms with Crippen LogP contribution in [0, 0.1) is 17.2 Å². The Morgan fingerprint density at radius 1 is 1.21 bits per heavy atom. The molecule has 0 saturated heterocycles. The molecule has 0 spiro atoms. The molecule has 0 radical (unpaired) electrons. The van der Waals surface area contributed by atoms with Gasteiger partial charge in [0.05, 0.1) is 11.6 Å². The highest BCUT2D eigenvalue weighted by Crippen LogP contribution is 2.28. The first-order chi connectivity index (χ1) is 9.22. The summed E-state index contributed by atoms with van der Waals surface area (Å²) in [5.74, 6) is 0.947. The third kappa shape index (κ3) is 3.81. The van der Waals surface area contributed by atoms with Crippen LogP contribution in [0.2, 0.25) is 0 Å². The van der Waals surface area contributed by atoms with Crippen molar-refractivity contribution in [3.63, 3.8) is 0 Å². The average Bonchev–Trinajstić information content (AvgIpc) is 2.48. The number of benzene rings is 1. The first kappa shape index (κ1) is 14.1. The molecule has 1 aromatic carbocycles. The smallest absolute Gasteiger partial charge is 0.0991 e. The minimum Gasteiger partial charge on any atom is -0.307 e. The Morgan fingerprint density at radius 2 is 1.84 bits per heavy atom. The van der Waals surface area contributed by atoms with Crippen LogP contribution >= 0.6 is 0 Å². The Bertz CT molecular complexity index is 422. The molecule has 2 rings (SSSR count). The SMILES string of the molecule is CCC1CCC(NC(C)c2ccc(C#N)cc2)CC1. The van der Waals surface area contributed by atoms with Gasteiger partial charge in [-0.2, -0.15) is 5.26 Å². The second-order valence-electron chi connectivity index (χ2n) is 5.75. The molecule has 0 amide bonds. The molecular formula is C17H24N2. The molecule has 1 saturated carbocycles. The van der Waals surface area contributed by atoms with Gasteiger partial charge in [-0.1, -0.05) is 25.5 Å². The zero-order valence-corrected chi connectivity index (χ0v) is 12.0. The monoisotopic (exact) mass is 256 g/mol. The van der Waals surface area contributed by atoms with E-state index in [4.69, 9.17) is 5.26 Å². The van der Waals surface area contributed by atoms with E-state index in [0.29, 0.717) is 12.1 Å². The summed E-state index contributed by atoms with van der Waals surface area (Å²) in [5, 5.41) is 12.5. The molecule has 2 nitrogen and oxygen atoms in total.